The molecule has 2 aromatic heterocycles. The van der Waals surface area contributed by atoms with Crippen molar-refractivity contribution in [2.75, 3.05) is 0 Å². The molecular weight excluding hydrogens is 550 g/mol. The quantitative estimate of drug-likeness (QED) is 0.0840. The molecule has 0 spiro atoms. The van der Waals surface area contributed by atoms with Crippen molar-refractivity contribution in [1.82, 2.24) is 4.57 Å². The molecule has 0 amide bonds. The maximum Gasteiger partial charge on any atom is 0.332 e. The third-order valence-corrected chi connectivity index (χ3v) is 7.39. The fourth-order valence-electron chi connectivity index (χ4n) is 4.64. The van der Waals surface area contributed by atoms with Crippen molar-refractivity contribution < 1.29 is 24.1 Å². The molecule has 8 nitrogen and oxygen atoms in total. The summed E-state index contributed by atoms with van der Waals surface area (Å²) in [6.07, 6.45) is 3.59. The third kappa shape index (κ3) is 5.82. The molecule has 3 aromatic carbocycles. The molecule has 42 heavy (non-hydrogen) atoms. The zero-order valence-electron chi connectivity index (χ0n) is 23.5. The Morgan fingerprint density at radius 1 is 0.762 bits per heavy atom. The number of allylic oxidation sites excluding steroid dienone is 2. The van der Waals surface area contributed by atoms with Crippen LogP contribution < -0.4 is 0 Å². The van der Waals surface area contributed by atoms with Crippen molar-refractivity contribution in [2.24, 2.45) is 10.3 Å². The smallest absolute Gasteiger partial charge is 0.318 e. The van der Waals surface area contributed by atoms with Crippen molar-refractivity contribution >= 4 is 62.3 Å². The minimum Gasteiger partial charge on any atom is -0.318 e. The average molecular weight is 578 g/mol. The number of oxime groups is 2. The molecule has 0 saturated heterocycles. The molecule has 0 saturated carbocycles. The standard InChI is InChI=1S/C33H27N3O5S/c1-5-7-29(35-41-22(4)38)24-11-15-30-27(18-24)28-19-25(33(39)32-8-6-17-42-32)12-16-31(28)36(30)26-13-9-23(10-14-26)20(2)34-40-21(3)37/h5-19H,1-4H3/b7-5?,34-20?,35-29+. The second kappa shape index (κ2) is 12.2. The Morgan fingerprint density at radius 2 is 1.36 bits per heavy atom. The number of hydrogen-bond donors (Lipinski definition) is 0. The summed E-state index contributed by atoms with van der Waals surface area (Å²) in [6.45, 7) is 6.23. The van der Waals surface area contributed by atoms with E-state index in [1.54, 1.807) is 13.0 Å². The molecule has 0 unspecified atom stereocenters. The number of carbonyl (C=O) groups is 3. The summed E-state index contributed by atoms with van der Waals surface area (Å²) in [6, 6.07) is 23.0. The Hall–Kier alpha value is -5.15. The first-order chi connectivity index (χ1) is 20.3. The number of benzene rings is 3. The minimum atomic E-state index is -0.511. The Kier molecular flexibility index (Phi) is 8.21. The van der Waals surface area contributed by atoms with Gasteiger partial charge in [0.25, 0.3) is 0 Å². The van der Waals surface area contributed by atoms with Crippen molar-refractivity contribution in [1.29, 1.82) is 0 Å². The van der Waals surface area contributed by atoms with E-state index in [1.165, 1.54) is 25.2 Å². The van der Waals surface area contributed by atoms with Crippen LogP contribution in [0, 0.1) is 0 Å². The molecule has 0 aliphatic carbocycles. The topological polar surface area (TPSA) is 99.3 Å². The van der Waals surface area contributed by atoms with E-state index >= 15 is 0 Å². The van der Waals surface area contributed by atoms with Gasteiger partial charge in [-0.15, -0.1) is 11.3 Å². The summed E-state index contributed by atoms with van der Waals surface area (Å²) in [5.41, 5.74) is 5.94. The first-order valence-electron chi connectivity index (χ1n) is 13.1. The van der Waals surface area contributed by atoms with Crippen LogP contribution in [0.25, 0.3) is 27.5 Å². The number of rotatable bonds is 8. The molecule has 0 aliphatic rings. The van der Waals surface area contributed by atoms with Crippen molar-refractivity contribution in [3.8, 4) is 5.69 Å². The van der Waals surface area contributed by atoms with Gasteiger partial charge in [-0.25, -0.2) is 9.59 Å². The van der Waals surface area contributed by atoms with Crippen LogP contribution in [0.2, 0.25) is 0 Å². The average Bonchev–Trinajstić information content (AvgIpc) is 3.64. The number of nitrogens with zero attached hydrogens (tertiary/aromatic N) is 3. The molecule has 210 valence electrons. The van der Waals surface area contributed by atoms with Crippen LogP contribution >= 0.6 is 11.3 Å². The van der Waals surface area contributed by atoms with E-state index in [2.05, 4.69) is 14.9 Å². The van der Waals surface area contributed by atoms with Gasteiger partial charge in [0, 0.05) is 41.4 Å². The molecule has 5 aromatic rings. The molecule has 0 aliphatic heterocycles. The van der Waals surface area contributed by atoms with Gasteiger partial charge < -0.3 is 14.2 Å². The second-order valence-corrected chi connectivity index (χ2v) is 10.4. The van der Waals surface area contributed by atoms with E-state index in [4.69, 9.17) is 9.68 Å². The first kappa shape index (κ1) is 28.4. The van der Waals surface area contributed by atoms with Crippen molar-refractivity contribution in [3.63, 3.8) is 0 Å². The predicted molar refractivity (Wildman–Crippen MR) is 166 cm³/mol. The highest BCUT2D eigenvalue weighted by molar-refractivity contribution is 7.12. The highest BCUT2D eigenvalue weighted by atomic mass is 32.1. The SMILES string of the molecule is CC=C/C(=N\OC(C)=O)c1ccc2c(c1)c1cc(C(=O)c3cccs3)ccc1n2-c1ccc(C(C)=NOC(C)=O)cc1. The zero-order chi connectivity index (χ0) is 29.8. The lowest BCUT2D eigenvalue weighted by Crippen LogP contribution is -2.02. The highest BCUT2D eigenvalue weighted by Gasteiger charge is 2.18. The normalized spacial score (nSPS) is 12.3. The maximum atomic E-state index is 13.3. The predicted octanol–water partition coefficient (Wildman–Crippen LogP) is 7.21. The maximum absolute atomic E-state index is 13.3. The summed E-state index contributed by atoms with van der Waals surface area (Å²) >= 11 is 1.41. The van der Waals surface area contributed by atoms with Gasteiger partial charge in [0.15, 0.2) is 0 Å². The van der Waals surface area contributed by atoms with E-state index in [0.717, 1.165) is 38.6 Å². The van der Waals surface area contributed by atoms with Crippen LogP contribution in [0.15, 0.2) is 101 Å². The molecule has 0 radical (unpaired) electrons. The van der Waals surface area contributed by atoms with E-state index < -0.39 is 11.9 Å². The largest absolute Gasteiger partial charge is 0.332 e. The molecule has 9 heteroatoms. The molecule has 2 heterocycles. The van der Waals surface area contributed by atoms with Crippen molar-refractivity contribution in [2.45, 2.75) is 27.7 Å². The monoisotopic (exact) mass is 577 g/mol. The number of thiophene rings is 1. The Balaban J connectivity index is 1.69. The summed E-state index contributed by atoms with van der Waals surface area (Å²) in [5, 5.41) is 11.6. The highest BCUT2D eigenvalue weighted by Crippen LogP contribution is 2.34. The van der Waals surface area contributed by atoms with Crippen LogP contribution in [-0.4, -0.2) is 33.7 Å². The van der Waals surface area contributed by atoms with Gasteiger partial charge in [0.2, 0.25) is 5.78 Å². The fourth-order valence-corrected chi connectivity index (χ4v) is 5.33. The van der Waals surface area contributed by atoms with Gasteiger partial charge in [-0.3, -0.25) is 4.79 Å². The van der Waals surface area contributed by atoms with E-state index in [-0.39, 0.29) is 5.78 Å². The van der Waals surface area contributed by atoms with Crippen LogP contribution in [0.1, 0.15) is 54.1 Å². The van der Waals surface area contributed by atoms with Gasteiger partial charge in [0.1, 0.15) is 5.71 Å². The minimum absolute atomic E-state index is 0.0399. The van der Waals surface area contributed by atoms with E-state index in [9.17, 15) is 14.4 Å². The van der Waals surface area contributed by atoms with Gasteiger partial charge >= 0.3 is 11.9 Å². The van der Waals surface area contributed by atoms with Crippen LogP contribution in [0.5, 0.6) is 0 Å². The van der Waals surface area contributed by atoms with Gasteiger partial charge in [-0.05, 0) is 79.4 Å². The molecule has 0 N–H and O–H groups in total. The number of carbonyl (C=O) groups excluding carboxylic acids is 3. The molecular formula is C33H27N3O5S. The second-order valence-electron chi connectivity index (χ2n) is 9.47. The zero-order valence-corrected chi connectivity index (χ0v) is 24.3. The Bertz CT molecular complexity index is 1910. The Morgan fingerprint density at radius 3 is 1.95 bits per heavy atom. The van der Waals surface area contributed by atoms with Crippen LogP contribution in [0.3, 0.4) is 0 Å². The number of fused-ring (bicyclic) bond motifs is 3. The van der Waals surface area contributed by atoms with Crippen LogP contribution in [-0.2, 0) is 19.3 Å². The summed E-state index contributed by atoms with van der Waals surface area (Å²) in [5.74, 6) is -1.03. The van der Waals surface area contributed by atoms with E-state index in [0.29, 0.717) is 21.9 Å². The lowest BCUT2D eigenvalue weighted by Gasteiger charge is -2.10. The number of aromatic nitrogens is 1. The third-order valence-electron chi connectivity index (χ3n) is 6.52. The molecule has 0 atom stereocenters. The van der Waals surface area contributed by atoms with Gasteiger partial charge in [-0.1, -0.05) is 40.7 Å². The van der Waals surface area contributed by atoms with Gasteiger partial charge in [0.05, 0.1) is 21.6 Å². The number of ketones is 1. The summed E-state index contributed by atoms with van der Waals surface area (Å²) in [7, 11) is 0. The van der Waals surface area contributed by atoms with E-state index in [1.807, 2.05) is 91.2 Å². The lowest BCUT2D eigenvalue weighted by molar-refractivity contribution is -0.141. The Labute approximate surface area is 246 Å². The fraction of sp³-hybridized carbons (Fsp3) is 0.121. The van der Waals surface area contributed by atoms with Crippen LogP contribution in [0.4, 0.5) is 0 Å². The molecule has 5 rings (SSSR count). The lowest BCUT2D eigenvalue weighted by atomic mass is 10.0. The summed E-state index contributed by atoms with van der Waals surface area (Å²) < 4.78 is 2.12. The van der Waals surface area contributed by atoms with Gasteiger partial charge in [-0.2, -0.15) is 0 Å². The van der Waals surface area contributed by atoms with Crippen molar-refractivity contribution in [3.05, 3.63) is 112 Å². The molecule has 0 fully saturated rings. The molecule has 0 bridgehead atoms. The summed E-state index contributed by atoms with van der Waals surface area (Å²) in [4.78, 5) is 46.3. The first-order valence-corrected chi connectivity index (χ1v) is 14.0. The number of hydrogen-bond acceptors (Lipinski definition) is 8.